The molecule has 8 nitrogen and oxygen atoms in total. The van der Waals surface area contributed by atoms with Gasteiger partial charge in [-0.1, -0.05) is 25.9 Å². The van der Waals surface area contributed by atoms with Gasteiger partial charge in [-0.15, -0.1) is 0 Å². The molecule has 0 bridgehead atoms. The van der Waals surface area contributed by atoms with Gasteiger partial charge >= 0.3 is 0 Å². The first-order chi connectivity index (χ1) is 11.5. The minimum absolute atomic E-state index is 0.126. The normalized spacial score (nSPS) is 20.6. The molecular formula is C16H29N5O3S. The van der Waals surface area contributed by atoms with E-state index in [0.717, 1.165) is 0 Å². The fraction of sp³-hybridized carbons (Fsp3) is 0.812. The van der Waals surface area contributed by atoms with Crippen molar-refractivity contribution >= 4 is 15.8 Å². The van der Waals surface area contributed by atoms with Gasteiger partial charge in [-0.25, -0.2) is 13.4 Å². The summed E-state index contributed by atoms with van der Waals surface area (Å²) < 4.78 is 28.9. The maximum atomic E-state index is 12.2. The topological polar surface area (TPSA) is 101 Å². The molecule has 0 aliphatic carbocycles. The van der Waals surface area contributed by atoms with Crippen LogP contribution in [-0.2, 0) is 21.8 Å². The molecule has 0 saturated carbocycles. The number of nitrogens with zero attached hydrogens (tertiary/aromatic N) is 4. The SMILES string of the molecule is CCNC(=NCc1noc(C(C)(C)C)n1)N1CCS(=O)(=O)C(C)(C)C1. The van der Waals surface area contributed by atoms with Crippen molar-refractivity contribution < 1.29 is 12.9 Å². The molecule has 0 spiro atoms. The molecule has 25 heavy (non-hydrogen) atoms. The third-order valence-electron chi connectivity index (χ3n) is 4.16. The highest BCUT2D eigenvalue weighted by Crippen LogP contribution is 2.24. The molecule has 1 aromatic rings. The fourth-order valence-corrected chi connectivity index (χ4v) is 3.88. The molecule has 9 heteroatoms. The lowest BCUT2D eigenvalue weighted by Crippen LogP contribution is -2.57. The summed E-state index contributed by atoms with van der Waals surface area (Å²) in [4.78, 5) is 10.9. The van der Waals surface area contributed by atoms with E-state index < -0.39 is 14.6 Å². The van der Waals surface area contributed by atoms with Crippen molar-refractivity contribution in [3.8, 4) is 0 Å². The predicted octanol–water partition coefficient (Wildman–Crippen LogP) is 1.34. The quantitative estimate of drug-likeness (QED) is 0.632. The van der Waals surface area contributed by atoms with Gasteiger partial charge in [-0.3, -0.25) is 0 Å². The lowest BCUT2D eigenvalue weighted by Gasteiger charge is -2.39. The number of rotatable bonds is 3. The van der Waals surface area contributed by atoms with Crippen LogP contribution in [0.5, 0.6) is 0 Å². The second kappa shape index (κ2) is 6.93. The van der Waals surface area contributed by atoms with Crippen LogP contribution in [0.25, 0.3) is 0 Å². The Morgan fingerprint density at radius 3 is 2.60 bits per heavy atom. The summed E-state index contributed by atoms with van der Waals surface area (Å²) in [6.07, 6.45) is 0. The zero-order valence-electron chi connectivity index (χ0n) is 16.0. The van der Waals surface area contributed by atoms with E-state index in [1.54, 1.807) is 13.8 Å². The van der Waals surface area contributed by atoms with Gasteiger partial charge in [0.05, 0.1) is 10.5 Å². The number of aliphatic imine (C=N–C) groups is 1. The summed E-state index contributed by atoms with van der Waals surface area (Å²) in [5.41, 5.74) is -0.204. The largest absolute Gasteiger partial charge is 0.357 e. The van der Waals surface area contributed by atoms with E-state index >= 15 is 0 Å². The first-order valence-electron chi connectivity index (χ1n) is 8.55. The third-order valence-corrected chi connectivity index (χ3v) is 6.69. The Bertz CT molecular complexity index is 731. The second-order valence-corrected chi connectivity index (χ2v) is 10.7. The Morgan fingerprint density at radius 2 is 2.08 bits per heavy atom. The van der Waals surface area contributed by atoms with Gasteiger partial charge < -0.3 is 14.7 Å². The Hall–Kier alpha value is -1.64. The Labute approximate surface area is 150 Å². The molecule has 142 valence electrons. The zero-order valence-corrected chi connectivity index (χ0v) is 16.8. The summed E-state index contributed by atoms with van der Waals surface area (Å²) in [6, 6.07) is 0. The zero-order chi connectivity index (χ0) is 18.9. The van der Waals surface area contributed by atoms with Crippen LogP contribution in [0.3, 0.4) is 0 Å². The van der Waals surface area contributed by atoms with E-state index in [-0.39, 0.29) is 17.7 Å². The van der Waals surface area contributed by atoms with Gasteiger partial charge in [0, 0.05) is 25.0 Å². The van der Waals surface area contributed by atoms with Crippen LogP contribution in [-0.4, -0.2) is 59.6 Å². The average molecular weight is 372 g/mol. The average Bonchev–Trinajstić information content (AvgIpc) is 2.95. The molecule has 0 unspecified atom stereocenters. The third kappa shape index (κ3) is 4.50. The number of sulfone groups is 1. The van der Waals surface area contributed by atoms with Crippen LogP contribution in [0.4, 0.5) is 0 Å². The van der Waals surface area contributed by atoms with Crippen molar-refractivity contribution in [2.75, 3.05) is 25.4 Å². The smallest absolute Gasteiger partial charge is 0.232 e. The van der Waals surface area contributed by atoms with Crippen LogP contribution in [0.2, 0.25) is 0 Å². The fourth-order valence-electron chi connectivity index (χ4n) is 2.52. The van der Waals surface area contributed by atoms with E-state index in [2.05, 4.69) is 20.4 Å². The van der Waals surface area contributed by atoms with Gasteiger partial charge in [-0.05, 0) is 20.8 Å². The predicted molar refractivity (Wildman–Crippen MR) is 97.3 cm³/mol. The molecule has 1 aromatic heterocycles. The highest BCUT2D eigenvalue weighted by atomic mass is 32.2. The van der Waals surface area contributed by atoms with Gasteiger partial charge in [0.1, 0.15) is 6.54 Å². The summed E-state index contributed by atoms with van der Waals surface area (Å²) in [5.74, 6) is 1.89. The first-order valence-corrected chi connectivity index (χ1v) is 10.2. The Kier molecular flexibility index (Phi) is 5.46. The van der Waals surface area contributed by atoms with Crippen LogP contribution in [0.15, 0.2) is 9.52 Å². The van der Waals surface area contributed by atoms with E-state index in [9.17, 15) is 8.42 Å². The summed E-state index contributed by atoms with van der Waals surface area (Å²) in [6.45, 7) is 13.3. The van der Waals surface area contributed by atoms with E-state index in [1.165, 1.54) is 0 Å². The molecule has 1 saturated heterocycles. The minimum atomic E-state index is -3.09. The van der Waals surface area contributed by atoms with Crippen LogP contribution >= 0.6 is 0 Å². The summed E-state index contributed by atoms with van der Waals surface area (Å²) >= 11 is 0. The monoisotopic (exact) mass is 371 g/mol. The highest BCUT2D eigenvalue weighted by Gasteiger charge is 2.41. The number of nitrogens with one attached hydrogen (secondary N) is 1. The van der Waals surface area contributed by atoms with Crippen molar-refractivity contribution in [3.63, 3.8) is 0 Å². The molecule has 0 atom stereocenters. The first kappa shape index (κ1) is 19.7. The van der Waals surface area contributed by atoms with E-state index in [4.69, 9.17) is 4.52 Å². The van der Waals surface area contributed by atoms with Crippen LogP contribution < -0.4 is 5.32 Å². The van der Waals surface area contributed by atoms with Crippen LogP contribution in [0.1, 0.15) is 53.3 Å². The molecule has 0 aromatic carbocycles. The van der Waals surface area contributed by atoms with Crippen molar-refractivity contribution in [2.24, 2.45) is 4.99 Å². The molecule has 2 rings (SSSR count). The molecule has 1 aliphatic rings. The number of aromatic nitrogens is 2. The Morgan fingerprint density at radius 1 is 1.40 bits per heavy atom. The van der Waals surface area contributed by atoms with Crippen LogP contribution in [0, 0.1) is 0 Å². The standard InChI is InChI=1S/C16H29N5O3S/c1-7-17-14(21-8-9-25(22,23)16(5,6)11-21)18-10-12-19-13(24-20-12)15(2,3)4/h7-11H2,1-6H3,(H,17,18). The van der Waals surface area contributed by atoms with Crippen molar-refractivity contribution in [2.45, 2.75) is 58.2 Å². The maximum absolute atomic E-state index is 12.2. The summed E-state index contributed by atoms with van der Waals surface area (Å²) in [7, 11) is -3.09. The maximum Gasteiger partial charge on any atom is 0.232 e. The molecule has 0 radical (unpaired) electrons. The molecule has 1 fully saturated rings. The van der Waals surface area contributed by atoms with Crippen molar-refractivity contribution in [1.29, 1.82) is 0 Å². The lowest BCUT2D eigenvalue weighted by atomic mass is 9.97. The Balaban J connectivity index is 2.15. The lowest BCUT2D eigenvalue weighted by molar-refractivity contribution is 0.318. The number of hydrogen-bond acceptors (Lipinski definition) is 6. The molecular weight excluding hydrogens is 342 g/mol. The van der Waals surface area contributed by atoms with E-state index in [1.807, 2.05) is 32.6 Å². The molecule has 2 heterocycles. The highest BCUT2D eigenvalue weighted by molar-refractivity contribution is 7.92. The second-order valence-electron chi connectivity index (χ2n) is 7.94. The van der Waals surface area contributed by atoms with Gasteiger partial charge in [0.2, 0.25) is 5.89 Å². The molecule has 0 amide bonds. The number of guanidine groups is 1. The minimum Gasteiger partial charge on any atom is -0.357 e. The van der Waals surface area contributed by atoms with Crippen molar-refractivity contribution in [3.05, 3.63) is 11.7 Å². The van der Waals surface area contributed by atoms with Crippen molar-refractivity contribution in [1.82, 2.24) is 20.4 Å². The number of hydrogen-bond donors (Lipinski definition) is 1. The molecule has 1 aliphatic heterocycles. The summed E-state index contributed by atoms with van der Waals surface area (Å²) in [5, 5.41) is 7.20. The van der Waals surface area contributed by atoms with Gasteiger partial charge in [0.25, 0.3) is 0 Å². The van der Waals surface area contributed by atoms with Gasteiger partial charge in [0.15, 0.2) is 21.6 Å². The molecule has 1 N–H and O–H groups in total. The van der Waals surface area contributed by atoms with Gasteiger partial charge in [-0.2, -0.15) is 4.98 Å². The van der Waals surface area contributed by atoms with E-state index in [0.29, 0.717) is 37.3 Å².